The number of aliphatic hydroxyl groups excluding tert-OH is 1. The number of amides is 1. The zero-order valence-electron chi connectivity index (χ0n) is 12.8. The molecule has 0 spiro atoms. The number of hydrogen-bond donors (Lipinski definition) is 3. The molecule has 0 radical (unpaired) electrons. The van der Waals surface area contributed by atoms with Crippen molar-refractivity contribution in [2.24, 2.45) is 5.73 Å². The lowest BCUT2D eigenvalue weighted by molar-refractivity contribution is 0.0999. The highest BCUT2D eigenvalue weighted by molar-refractivity contribution is 5.94. The van der Waals surface area contributed by atoms with Gasteiger partial charge < -0.3 is 16.2 Å². The molecule has 0 fully saturated rings. The number of aryl methyl sites for hydroxylation is 1. The summed E-state index contributed by atoms with van der Waals surface area (Å²) >= 11 is 0. The van der Waals surface area contributed by atoms with Gasteiger partial charge >= 0.3 is 0 Å². The van der Waals surface area contributed by atoms with Gasteiger partial charge in [0.15, 0.2) is 0 Å². The Morgan fingerprint density at radius 1 is 1.23 bits per heavy atom. The fourth-order valence-corrected chi connectivity index (χ4v) is 2.52. The molecular formula is C18H22N2O2. The molecule has 0 heterocycles. The lowest BCUT2D eigenvalue weighted by atomic mass is 10.0. The van der Waals surface area contributed by atoms with Gasteiger partial charge in [0.05, 0.1) is 12.6 Å². The summed E-state index contributed by atoms with van der Waals surface area (Å²) in [5.74, 6) is -0.406. The summed E-state index contributed by atoms with van der Waals surface area (Å²) in [5, 5.41) is 12.9. The highest BCUT2D eigenvalue weighted by Gasteiger charge is 2.12. The molecule has 2 aromatic rings. The van der Waals surface area contributed by atoms with Crippen molar-refractivity contribution >= 4 is 11.6 Å². The van der Waals surface area contributed by atoms with Gasteiger partial charge in [0.2, 0.25) is 5.91 Å². The van der Waals surface area contributed by atoms with E-state index >= 15 is 0 Å². The quantitative estimate of drug-likeness (QED) is 0.735. The molecule has 1 amide bonds. The van der Waals surface area contributed by atoms with Gasteiger partial charge in [0.25, 0.3) is 0 Å². The molecule has 22 heavy (non-hydrogen) atoms. The lowest BCUT2D eigenvalue weighted by Crippen LogP contribution is -2.17. The van der Waals surface area contributed by atoms with Crippen LogP contribution in [-0.2, 0) is 6.42 Å². The van der Waals surface area contributed by atoms with E-state index in [1.807, 2.05) is 42.5 Å². The number of nitrogens with two attached hydrogens (primary N) is 1. The zero-order chi connectivity index (χ0) is 15.9. The summed E-state index contributed by atoms with van der Waals surface area (Å²) in [7, 11) is 0. The van der Waals surface area contributed by atoms with Gasteiger partial charge in [-0.15, -0.1) is 0 Å². The number of anilines is 1. The number of benzene rings is 2. The van der Waals surface area contributed by atoms with E-state index in [2.05, 4.69) is 12.2 Å². The third kappa shape index (κ3) is 3.86. The number of aliphatic hydroxyl groups is 1. The van der Waals surface area contributed by atoms with Crippen molar-refractivity contribution in [3.05, 3.63) is 65.2 Å². The van der Waals surface area contributed by atoms with Crippen LogP contribution in [0.5, 0.6) is 0 Å². The van der Waals surface area contributed by atoms with Crippen LogP contribution in [0.3, 0.4) is 0 Å². The van der Waals surface area contributed by atoms with Crippen molar-refractivity contribution in [1.82, 2.24) is 0 Å². The van der Waals surface area contributed by atoms with Crippen molar-refractivity contribution in [2.45, 2.75) is 25.8 Å². The van der Waals surface area contributed by atoms with Gasteiger partial charge in [-0.05, 0) is 35.7 Å². The Kier molecular flexibility index (Phi) is 5.55. The molecular weight excluding hydrogens is 276 g/mol. The smallest absolute Gasteiger partial charge is 0.248 e. The second-order valence-corrected chi connectivity index (χ2v) is 5.28. The standard InChI is InChI=1S/C18H22N2O2/c1-2-6-14-11-15(9-10-16(14)18(19)22)20-17(12-21)13-7-4-3-5-8-13/h3-5,7-11,17,20-21H,2,6,12H2,1H3,(H2,19,22). The Bertz CT molecular complexity index is 626. The summed E-state index contributed by atoms with van der Waals surface area (Å²) in [4.78, 5) is 11.5. The summed E-state index contributed by atoms with van der Waals surface area (Å²) in [6.45, 7) is 2.05. The summed E-state index contributed by atoms with van der Waals surface area (Å²) in [6, 6.07) is 15.1. The first-order valence-corrected chi connectivity index (χ1v) is 7.50. The molecule has 2 aromatic carbocycles. The molecule has 0 aromatic heterocycles. The molecule has 4 N–H and O–H groups in total. The molecule has 0 aliphatic carbocycles. The predicted molar refractivity (Wildman–Crippen MR) is 88.8 cm³/mol. The van der Waals surface area contributed by atoms with Crippen LogP contribution in [0.1, 0.15) is 40.9 Å². The number of rotatable bonds is 7. The third-order valence-corrected chi connectivity index (χ3v) is 3.62. The fourth-order valence-electron chi connectivity index (χ4n) is 2.52. The van der Waals surface area contributed by atoms with E-state index in [-0.39, 0.29) is 12.6 Å². The maximum Gasteiger partial charge on any atom is 0.248 e. The van der Waals surface area contributed by atoms with E-state index in [0.29, 0.717) is 5.56 Å². The summed E-state index contributed by atoms with van der Waals surface area (Å²) in [5.41, 5.74) is 8.80. The van der Waals surface area contributed by atoms with Crippen LogP contribution in [0.15, 0.2) is 48.5 Å². The lowest BCUT2D eigenvalue weighted by Gasteiger charge is -2.19. The minimum absolute atomic E-state index is 0.00923. The van der Waals surface area contributed by atoms with Gasteiger partial charge in [-0.2, -0.15) is 0 Å². The van der Waals surface area contributed by atoms with Gasteiger partial charge in [0.1, 0.15) is 0 Å². The molecule has 0 bridgehead atoms. The van der Waals surface area contributed by atoms with Crippen LogP contribution in [-0.4, -0.2) is 17.6 Å². The monoisotopic (exact) mass is 298 g/mol. The Balaban J connectivity index is 2.25. The van der Waals surface area contributed by atoms with E-state index in [9.17, 15) is 9.90 Å². The Labute approximate surface area is 131 Å². The molecule has 4 heteroatoms. The predicted octanol–water partition coefficient (Wildman–Crippen LogP) is 2.88. The second kappa shape index (κ2) is 7.61. The van der Waals surface area contributed by atoms with Crippen molar-refractivity contribution in [1.29, 1.82) is 0 Å². The highest BCUT2D eigenvalue weighted by Crippen LogP contribution is 2.22. The highest BCUT2D eigenvalue weighted by atomic mass is 16.3. The van der Waals surface area contributed by atoms with E-state index in [0.717, 1.165) is 29.7 Å². The molecule has 1 atom stereocenters. The normalized spacial score (nSPS) is 11.9. The van der Waals surface area contributed by atoms with E-state index < -0.39 is 5.91 Å². The molecule has 4 nitrogen and oxygen atoms in total. The molecule has 0 aliphatic heterocycles. The molecule has 0 aliphatic rings. The van der Waals surface area contributed by atoms with Crippen LogP contribution in [0, 0.1) is 0 Å². The van der Waals surface area contributed by atoms with Gasteiger partial charge in [-0.1, -0.05) is 43.7 Å². The maximum atomic E-state index is 11.5. The molecule has 0 saturated carbocycles. The van der Waals surface area contributed by atoms with Crippen LogP contribution in [0.25, 0.3) is 0 Å². The third-order valence-electron chi connectivity index (χ3n) is 3.62. The summed E-state index contributed by atoms with van der Waals surface area (Å²) in [6.07, 6.45) is 1.73. The van der Waals surface area contributed by atoms with Crippen molar-refractivity contribution < 1.29 is 9.90 Å². The number of primary amides is 1. The van der Waals surface area contributed by atoms with Gasteiger partial charge in [-0.3, -0.25) is 4.79 Å². The van der Waals surface area contributed by atoms with Crippen LogP contribution in [0.4, 0.5) is 5.69 Å². The van der Waals surface area contributed by atoms with Crippen LogP contribution < -0.4 is 11.1 Å². The summed E-state index contributed by atoms with van der Waals surface area (Å²) < 4.78 is 0. The van der Waals surface area contributed by atoms with E-state index in [1.54, 1.807) is 6.07 Å². The Morgan fingerprint density at radius 2 is 1.95 bits per heavy atom. The molecule has 116 valence electrons. The fraction of sp³-hybridized carbons (Fsp3) is 0.278. The topological polar surface area (TPSA) is 75.3 Å². The first-order chi connectivity index (χ1) is 10.7. The number of hydrogen-bond acceptors (Lipinski definition) is 3. The average Bonchev–Trinajstić information content (AvgIpc) is 2.53. The van der Waals surface area contributed by atoms with E-state index in [1.165, 1.54) is 0 Å². The zero-order valence-corrected chi connectivity index (χ0v) is 12.8. The second-order valence-electron chi connectivity index (χ2n) is 5.28. The van der Waals surface area contributed by atoms with Crippen LogP contribution >= 0.6 is 0 Å². The van der Waals surface area contributed by atoms with Crippen molar-refractivity contribution in [3.63, 3.8) is 0 Å². The first kappa shape index (κ1) is 16.0. The van der Waals surface area contributed by atoms with Crippen molar-refractivity contribution in [3.8, 4) is 0 Å². The Hall–Kier alpha value is -2.33. The SMILES string of the molecule is CCCc1cc(NC(CO)c2ccccc2)ccc1C(N)=O. The Morgan fingerprint density at radius 3 is 2.55 bits per heavy atom. The maximum absolute atomic E-state index is 11.5. The van der Waals surface area contributed by atoms with E-state index in [4.69, 9.17) is 5.73 Å². The average molecular weight is 298 g/mol. The number of nitrogens with one attached hydrogen (secondary N) is 1. The first-order valence-electron chi connectivity index (χ1n) is 7.50. The van der Waals surface area contributed by atoms with Gasteiger partial charge in [0, 0.05) is 11.3 Å². The van der Waals surface area contributed by atoms with Crippen LogP contribution in [0.2, 0.25) is 0 Å². The molecule has 2 rings (SSSR count). The molecule has 0 saturated heterocycles. The minimum Gasteiger partial charge on any atom is -0.394 e. The van der Waals surface area contributed by atoms with Crippen molar-refractivity contribution in [2.75, 3.05) is 11.9 Å². The van der Waals surface area contributed by atoms with Gasteiger partial charge in [-0.25, -0.2) is 0 Å². The number of carbonyl (C=O) groups excluding carboxylic acids is 1. The minimum atomic E-state index is -0.406. The molecule has 1 unspecified atom stereocenters. The number of carbonyl (C=O) groups is 1. The largest absolute Gasteiger partial charge is 0.394 e.